The molecule has 12 heteroatoms. The van der Waals surface area contributed by atoms with Crippen LogP contribution in [0.3, 0.4) is 0 Å². The molecule has 0 aliphatic rings. The quantitative estimate of drug-likeness (QED) is 0.630. The van der Waals surface area contributed by atoms with Crippen molar-refractivity contribution in [3.63, 3.8) is 0 Å². The highest BCUT2D eigenvalue weighted by atomic mass is 32.2. The summed E-state index contributed by atoms with van der Waals surface area (Å²) in [7, 11) is -4.38. The van der Waals surface area contributed by atoms with E-state index in [9.17, 15) is 18.0 Å². The number of anilines is 1. The summed E-state index contributed by atoms with van der Waals surface area (Å²) in [4.78, 5) is 26.6. The number of hydrogen-bond donors (Lipinski definition) is 3. The molecule has 0 atom stereocenters. The van der Waals surface area contributed by atoms with Crippen LogP contribution in [0.1, 0.15) is 17.3 Å². The lowest BCUT2D eigenvalue weighted by atomic mass is 10.2. The van der Waals surface area contributed by atoms with Crippen LogP contribution in [0, 0.1) is 0 Å². The molecule has 2 amide bonds. The van der Waals surface area contributed by atoms with Gasteiger partial charge in [0.15, 0.2) is 5.16 Å². The van der Waals surface area contributed by atoms with Crippen LogP contribution in [0.25, 0.3) is 0 Å². The Morgan fingerprint density at radius 2 is 2.00 bits per heavy atom. The second kappa shape index (κ2) is 7.53. The molecular formula is C13H15N5O5S2. The molecule has 0 bridgehead atoms. The molecule has 25 heavy (non-hydrogen) atoms. The van der Waals surface area contributed by atoms with Gasteiger partial charge in [0.2, 0.25) is 0 Å². The zero-order valence-electron chi connectivity index (χ0n) is 13.3. The number of carbonyl (C=O) groups excluding carboxylic acids is 1. The molecular weight excluding hydrogens is 370 g/mol. The van der Waals surface area contributed by atoms with Gasteiger partial charge in [-0.25, -0.2) is 27.4 Å². The third kappa shape index (κ3) is 4.28. The maximum Gasteiger partial charge on any atom is 0.337 e. The average Bonchev–Trinajstić information content (AvgIpc) is 2.96. The van der Waals surface area contributed by atoms with Crippen LogP contribution in [0.5, 0.6) is 0 Å². The predicted molar refractivity (Wildman–Crippen MR) is 90.2 cm³/mol. The summed E-state index contributed by atoms with van der Waals surface area (Å²) < 4.78 is 27.8. The number of benzene rings is 1. The van der Waals surface area contributed by atoms with E-state index < -0.39 is 32.5 Å². The Labute approximate surface area is 147 Å². The summed E-state index contributed by atoms with van der Waals surface area (Å²) in [5, 5.41) is 15.8. The molecule has 0 unspecified atom stereocenters. The number of amides is 2. The van der Waals surface area contributed by atoms with Gasteiger partial charge in [0, 0.05) is 6.54 Å². The van der Waals surface area contributed by atoms with Gasteiger partial charge in [0.25, 0.3) is 16.0 Å². The second-order valence-electron chi connectivity index (χ2n) is 4.60. The Morgan fingerprint density at radius 1 is 1.32 bits per heavy atom. The molecule has 1 aromatic carbocycles. The third-order valence-corrected chi connectivity index (χ3v) is 5.04. The lowest BCUT2D eigenvalue weighted by Gasteiger charge is -2.09. The molecule has 2 aromatic rings. The van der Waals surface area contributed by atoms with E-state index in [1.807, 2.05) is 6.92 Å². The monoisotopic (exact) mass is 385 g/mol. The summed E-state index contributed by atoms with van der Waals surface area (Å²) >= 11 is 1.32. The minimum Gasteiger partial charge on any atom is -0.478 e. The largest absolute Gasteiger partial charge is 0.478 e. The van der Waals surface area contributed by atoms with E-state index in [2.05, 4.69) is 15.4 Å². The first-order valence-corrected chi connectivity index (χ1v) is 9.64. The van der Waals surface area contributed by atoms with Crippen molar-refractivity contribution in [1.82, 2.24) is 19.5 Å². The fraction of sp³-hybridized carbons (Fsp3) is 0.231. The van der Waals surface area contributed by atoms with E-state index in [-0.39, 0.29) is 5.95 Å². The highest BCUT2D eigenvalue weighted by Crippen LogP contribution is 2.16. The first kappa shape index (κ1) is 18.7. The minimum absolute atomic E-state index is 0.0644. The number of urea groups is 1. The van der Waals surface area contributed by atoms with Gasteiger partial charge in [0.05, 0.1) is 5.56 Å². The molecule has 0 fully saturated rings. The molecule has 1 aromatic heterocycles. The van der Waals surface area contributed by atoms with Gasteiger partial charge in [-0.2, -0.15) is 4.98 Å². The van der Waals surface area contributed by atoms with E-state index in [1.54, 1.807) is 11.0 Å². The molecule has 3 N–H and O–H groups in total. The number of thioether (sulfide) groups is 1. The van der Waals surface area contributed by atoms with Crippen molar-refractivity contribution in [2.24, 2.45) is 0 Å². The number of carboxylic acids is 1. The van der Waals surface area contributed by atoms with Crippen LogP contribution < -0.4 is 10.0 Å². The molecule has 0 radical (unpaired) electrons. The number of sulfonamides is 1. The molecule has 1 heterocycles. The van der Waals surface area contributed by atoms with Crippen LogP contribution in [0.2, 0.25) is 0 Å². The van der Waals surface area contributed by atoms with Crippen molar-refractivity contribution < 1.29 is 23.1 Å². The zero-order valence-corrected chi connectivity index (χ0v) is 14.9. The summed E-state index contributed by atoms with van der Waals surface area (Å²) in [6.07, 6.45) is 1.79. The molecule has 0 spiro atoms. The van der Waals surface area contributed by atoms with Gasteiger partial charge in [-0.05, 0) is 25.3 Å². The molecule has 2 rings (SSSR count). The van der Waals surface area contributed by atoms with Gasteiger partial charge in [-0.15, -0.1) is 5.10 Å². The first-order valence-electron chi connectivity index (χ1n) is 6.93. The average molecular weight is 385 g/mol. The summed E-state index contributed by atoms with van der Waals surface area (Å²) in [6, 6.07) is 3.86. The van der Waals surface area contributed by atoms with E-state index in [1.165, 1.54) is 28.6 Å². The lowest BCUT2D eigenvalue weighted by molar-refractivity contribution is 0.0692. The predicted octanol–water partition coefficient (Wildman–Crippen LogP) is 1.23. The summed E-state index contributed by atoms with van der Waals surface area (Å²) in [6.45, 7) is 2.36. The van der Waals surface area contributed by atoms with Crippen LogP contribution >= 0.6 is 11.8 Å². The van der Waals surface area contributed by atoms with E-state index in [4.69, 9.17) is 5.11 Å². The smallest absolute Gasteiger partial charge is 0.337 e. The minimum atomic E-state index is -4.38. The fourth-order valence-corrected chi connectivity index (χ4v) is 3.59. The van der Waals surface area contributed by atoms with Gasteiger partial charge < -0.3 is 5.11 Å². The van der Waals surface area contributed by atoms with Crippen molar-refractivity contribution in [2.75, 3.05) is 11.6 Å². The SMILES string of the molecule is CCn1nc(NC(=O)NS(=O)(=O)c2ccccc2C(=O)O)nc1SC. The summed E-state index contributed by atoms with van der Waals surface area (Å²) in [5.74, 6) is -1.49. The Bertz CT molecular complexity index is 888. The van der Waals surface area contributed by atoms with Crippen molar-refractivity contribution in [2.45, 2.75) is 23.5 Å². The molecule has 0 aliphatic heterocycles. The van der Waals surface area contributed by atoms with Crippen molar-refractivity contribution in [3.8, 4) is 0 Å². The van der Waals surface area contributed by atoms with Crippen LogP contribution in [0.15, 0.2) is 34.3 Å². The van der Waals surface area contributed by atoms with Gasteiger partial charge >= 0.3 is 12.0 Å². The van der Waals surface area contributed by atoms with Gasteiger partial charge in [0.1, 0.15) is 4.90 Å². The van der Waals surface area contributed by atoms with E-state index in [0.29, 0.717) is 11.7 Å². The lowest BCUT2D eigenvalue weighted by Crippen LogP contribution is -2.35. The highest BCUT2D eigenvalue weighted by Gasteiger charge is 2.24. The number of carbonyl (C=O) groups is 2. The second-order valence-corrected chi connectivity index (χ2v) is 7.02. The topological polar surface area (TPSA) is 143 Å². The van der Waals surface area contributed by atoms with Gasteiger partial charge in [-0.3, -0.25) is 5.32 Å². The Kier molecular flexibility index (Phi) is 5.64. The maximum atomic E-state index is 12.3. The first-order chi connectivity index (χ1) is 11.8. The Balaban J connectivity index is 2.20. The Morgan fingerprint density at radius 3 is 2.56 bits per heavy atom. The van der Waals surface area contributed by atoms with Crippen LogP contribution in [-0.2, 0) is 16.6 Å². The molecule has 0 aliphatic carbocycles. The number of rotatable bonds is 6. The number of nitrogens with one attached hydrogen (secondary N) is 2. The highest BCUT2D eigenvalue weighted by molar-refractivity contribution is 7.98. The van der Waals surface area contributed by atoms with E-state index in [0.717, 1.165) is 12.1 Å². The standard InChI is InChI=1S/C13H15N5O5S2/c1-3-18-13(24-2)15-11(16-18)14-12(21)17-25(22,23)9-7-5-4-6-8(9)10(19)20/h4-7H,3H2,1-2H3,(H,19,20)(H2,14,16,17,21). The maximum absolute atomic E-state index is 12.3. The molecule has 134 valence electrons. The van der Waals surface area contributed by atoms with E-state index >= 15 is 0 Å². The molecule has 10 nitrogen and oxygen atoms in total. The van der Waals surface area contributed by atoms with Gasteiger partial charge in [-0.1, -0.05) is 23.9 Å². The fourth-order valence-electron chi connectivity index (χ4n) is 1.92. The van der Waals surface area contributed by atoms with Crippen molar-refractivity contribution >= 4 is 39.7 Å². The zero-order chi connectivity index (χ0) is 18.6. The summed E-state index contributed by atoms with van der Waals surface area (Å²) in [5.41, 5.74) is -0.444. The number of carboxylic acid groups (broad SMARTS) is 1. The Hall–Kier alpha value is -2.60. The van der Waals surface area contributed by atoms with Crippen LogP contribution in [-0.4, -0.2) is 46.5 Å². The van der Waals surface area contributed by atoms with Crippen molar-refractivity contribution in [1.29, 1.82) is 0 Å². The number of nitrogens with zero attached hydrogens (tertiary/aromatic N) is 3. The van der Waals surface area contributed by atoms with Crippen molar-refractivity contribution in [3.05, 3.63) is 29.8 Å². The number of hydrogen-bond acceptors (Lipinski definition) is 7. The number of aromatic carboxylic acids is 1. The molecule has 0 saturated heterocycles. The van der Waals surface area contributed by atoms with Crippen LogP contribution in [0.4, 0.5) is 10.7 Å². The number of aryl methyl sites for hydroxylation is 1. The molecule has 0 saturated carbocycles. The third-order valence-electron chi connectivity index (χ3n) is 2.98. The number of aromatic nitrogens is 3. The normalized spacial score (nSPS) is 11.1.